The fourth-order valence-corrected chi connectivity index (χ4v) is 4.33. The summed E-state index contributed by atoms with van der Waals surface area (Å²) in [6.45, 7) is 2.15. The first kappa shape index (κ1) is 16.0. The summed E-state index contributed by atoms with van der Waals surface area (Å²) in [5, 5.41) is 10.4. The van der Waals surface area contributed by atoms with Gasteiger partial charge >= 0.3 is 0 Å². The normalized spacial score (nSPS) is 21.6. The minimum absolute atomic E-state index is 0.239. The molecule has 3 rings (SSSR count). The third kappa shape index (κ3) is 2.85. The second-order valence-corrected chi connectivity index (χ2v) is 7.71. The quantitative estimate of drug-likeness (QED) is 0.880. The van der Waals surface area contributed by atoms with Gasteiger partial charge in [0.25, 0.3) is 10.0 Å². The number of sulfonamides is 1. The number of rotatable bonds is 2. The highest BCUT2D eigenvalue weighted by molar-refractivity contribution is 7.92. The van der Waals surface area contributed by atoms with Gasteiger partial charge in [0.2, 0.25) is 0 Å². The smallest absolute Gasteiger partial charge is 0.264 e. The van der Waals surface area contributed by atoms with Gasteiger partial charge in [-0.15, -0.1) is 0 Å². The molecule has 23 heavy (non-hydrogen) atoms. The Morgan fingerprint density at radius 2 is 1.78 bits per heavy atom. The Kier molecular flexibility index (Phi) is 4.14. The van der Waals surface area contributed by atoms with Gasteiger partial charge in [-0.25, -0.2) is 8.42 Å². The van der Waals surface area contributed by atoms with E-state index in [1.807, 2.05) is 6.92 Å². The Bertz CT molecular complexity index is 803. The number of anilines is 1. The van der Waals surface area contributed by atoms with Crippen LogP contribution < -0.4 is 10.0 Å². The molecule has 6 heteroatoms. The van der Waals surface area contributed by atoms with Crippen molar-refractivity contribution in [3.8, 4) is 0 Å². The van der Waals surface area contributed by atoms with E-state index in [4.69, 9.17) is 5.73 Å². The first-order valence-electron chi connectivity index (χ1n) is 7.53. The number of hydrogen-bond donors (Lipinski definition) is 2. The Morgan fingerprint density at radius 1 is 1.13 bits per heavy atom. The molecule has 0 aromatic heterocycles. The van der Waals surface area contributed by atoms with Crippen LogP contribution in [0.3, 0.4) is 0 Å². The van der Waals surface area contributed by atoms with Gasteiger partial charge < -0.3 is 10.8 Å². The lowest BCUT2D eigenvalue weighted by atomic mass is 10.0. The molecular formula is C17H20N2O3S. The van der Waals surface area contributed by atoms with Gasteiger partial charge in [-0.1, -0.05) is 35.9 Å². The summed E-state index contributed by atoms with van der Waals surface area (Å²) in [6.07, 6.45) is -0.481. The highest BCUT2D eigenvalue weighted by Crippen LogP contribution is 2.35. The molecule has 0 saturated heterocycles. The van der Waals surface area contributed by atoms with Crippen LogP contribution in [-0.2, 0) is 10.0 Å². The Morgan fingerprint density at radius 3 is 2.48 bits per heavy atom. The maximum absolute atomic E-state index is 13.0. The molecule has 2 atom stereocenters. The molecule has 0 amide bonds. The lowest BCUT2D eigenvalue weighted by Crippen LogP contribution is -2.34. The van der Waals surface area contributed by atoms with E-state index in [-0.39, 0.29) is 11.4 Å². The van der Waals surface area contributed by atoms with Crippen LogP contribution in [0.5, 0.6) is 0 Å². The minimum Gasteiger partial charge on any atom is -0.387 e. The molecule has 122 valence electrons. The summed E-state index contributed by atoms with van der Waals surface area (Å²) in [4.78, 5) is 0.239. The van der Waals surface area contributed by atoms with Crippen molar-refractivity contribution in [2.45, 2.75) is 30.4 Å². The summed E-state index contributed by atoms with van der Waals surface area (Å²) in [6, 6.07) is 13.2. The van der Waals surface area contributed by atoms with Gasteiger partial charge in [0.15, 0.2) is 0 Å². The molecule has 0 aliphatic carbocycles. The largest absolute Gasteiger partial charge is 0.387 e. The van der Waals surface area contributed by atoms with Crippen molar-refractivity contribution in [3.63, 3.8) is 0 Å². The number of aliphatic hydroxyl groups is 1. The third-order valence-corrected chi connectivity index (χ3v) is 6.03. The Balaban J connectivity index is 2.12. The van der Waals surface area contributed by atoms with Crippen molar-refractivity contribution < 1.29 is 13.5 Å². The highest BCUT2D eigenvalue weighted by Gasteiger charge is 2.33. The first-order valence-corrected chi connectivity index (χ1v) is 8.97. The van der Waals surface area contributed by atoms with Crippen molar-refractivity contribution in [2.75, 3.05) is 10.8 Å². The summed E-state index contributed by atoms with van der Waals surface area (Å²) in [5.41, 5.74) is 8.03. The number of aliphatic hydroxyl groups excluding tert-OH is 1. The van der Waals surface area contributed by atoms with Crippen molar-refractivity contribution in [1.82, 2.24) is 0 Å². The average Bonchev–Trinajstić information content (AvgIpc) is 2.66. The van der Waals surface area contributed by atoms with Crippen LogP contribution >= 0.6 is 0 Å². The van der Waals surface area contributed by atoms with Crippen LogP contribution in [0.25, 0.3) is 0 Å². The monoisotopic (exact) mass is 332 g/mol. The van der Waals surface area contributed by atoms with E-state index in [1.165, 1.54) is 4.31 Å². The van der Waals surface area contributed by atoms with Gasteiger partial charge in [0.05, 0.1) is 16.7 Å². The summed E-state index contributed by atoms with van der Waals surface area (Å²) in [5.74, 6) is 0. The van der Waals surface area contributed by atoms with Crippen LogP contribution in [0.15, 0.2) is 53.4 Å². The molecule has 0 spiro atoms. The van der Waals surface area contributed by atoms with Crippen LogP contribution in [0, 0.1) is 6.92 Å². The second-order valence-electron chi connectivity index (χ2n) is 5.85. The van der Waals surface area contributed by atoms with Crippen LogP contribution in [-0.4, -0.2) is 26.1 Å². The average molecular weight is 332 g/mol. The second kappa shape index (κ2) is 5.96. The number of hydrogen-bond acceptors (Lipinski definition) is 4. The predicted molar refractivity (Wildman–Crippen MR) is 89.7 cm³/mol. The molecule has 5 nitrogen and oxygen atoms in total. The minimum atomic E-state index is -3.70. The number of para-hydroxylation sites is 1. The van der Waals surface area contributed by atoms with E-state index in [2.05, 4.69) is 0 Å². The fraction of sp³-hybridized carbons (Fsp3) is 0.294. The molecule has 2 aromatic carbocycles. The molecule has 2 aromatic rings. The third-order valence-electron chi connectivity index (χ3n) is 4.20. The molecule has 0 bridgehead atoms. The van der Waals surface area contributed by atoms with Crippen LogP contribution in [0.2, 0.25) is 0 Å². The number of nitrogens with zero attached hydrogens (tertiary/aromatic N) is 1. The van der Waals surface area contributed by atoms with Gasteiger partial charge in [0, 0.05) is 18.2 Å². The number of nitrogens with two attached hydrogens (primary N) is 1. The molecule has 0 radical (unpaired) electrons. The topological polar surface area (TPSA) is 83.6 Å². The Hall–Kier alpha value is -1.89. The molecule has 3 N–H and O–H groups in total. The first-order chi connectivity index (χ1) is 10.9. The molecule has 0 saturated carbocycles. The number of benzene rings is 2. The van der Waals surface area contributed by atoms with Gasteiger partial charge in [-0.2, -0.15) is 0 Å². The van der Waals surface area contributed by atoms with Gasteiger partial charge in [-0.3, -0.25) is 4.31 Å². The van der Waals surface area contributed by atoms with Gasteiger partial charge in [-0.05, 0) is 31.5 Å². The zero-order chi connectivity index (χ0) is 16.6. The van der Waals surface area contributed by atoms with E-state index < -0.39 is 22.2 Å². The fourth-order valence-electron chi connectivity index (χ4n) is 2.83. The summed E-state index contributed by atoms with van der Waals surface area (Å²) < 4.78 is 27.4. The zero-order valence-electron chi connectivity index (χ0n) is 12.9. The van der Waals surface area contributed by atoms with E-state index in [9.17, 15) is 13.5 Å². The highest BCUT2D eigenvalue weighted by atomic mass is 32.2. The molecule has 1 aliphatic heterocycles. The van der Waals surface area contributed by atoms with E-state index in [0.717, 1.165) is 5.56 Å². The summed E-state index contributed by atoms with van der Waals surface area (Å²) >= 11 is 0. The lowest BCUT2D eigenvalue weighted by molar-refractivity contribution is 0.146. The van der Waals surface area contributed by atoms with E-state index >= 15 is 0 Å². The van der Waals surface area contributed by atoms with E-state index in [0.29, 0.717) is 17.7 Å². The zero-order valence-corrected chi connectivity index (χ0v) is 13.7. The maximum Gasteiger partial charge on any atom is 0.264 e. The number of fused-ring (bicyclic) bond motifs is 1. The molecule has 1 heterocycles. The van der Waals surface area contributed by atoms with Crippen LogP contribution in [0.1, 0.15) is 23.7 Å². The van der Waals surface area contributed by atoms with Crippen molar-refractivity contribution >= 4 is 15.7 Å². The maximum atomic E-state index is 13.0. The predicted octanol–water partition coefficient (Wildman–Crippen LogP) is 1.95. The SMILES string of the molecule is Cc1ccc(S(=O)(=O)N2CCC(N)C(O)c3ccccc32)cc1. The van der Waals surface area contributed by atoms with Crippen molar-refractivity contribution in [1.29, 1.82) is 0 Å². The molecule has 2 unspecified atom stereocenters. The van der Waals surface area contributed by atoms with Crippen LogP contribution in [0.4, 0.5) is 5.69 Å². The lowest BCUT2D eigenvalue weighted by Gasteiger charge is -2.24. The Labute approximate surface area is 136 Å². The number of aryl methyl sites for hydroxylation is 1. The molecule has 1 aliphatic rings. The van der Waals surface area contributed by atoms with Crippen molar-refractivity contribution in [2.24, 2.45) is 5.73 Å². The molecular weight excluding hydrogens is 312 g/mol. The standard InChI is InChI=1S/C17H20N2O3S/c1-12-6-8-13(9-7-12)23(21,22)19-11-10-15(18)17(20)14-4-2-3-5-16(14)19/h2-9,15,17,20H,10-11,18H2,1H3. The van der Waals surface area contributed by atoms with E-state index in [1.54, 1.807) is 48.5 Å². The summed E-state index contributed by atoms with van der Waals surface area (Å²) in [7, 11) is -3.70. The van der Waals surface area contributed by atoms with Crippen molar-refractivity contribution in [3.05, 3.63) is 59.7 Å². The molecule has 0 fully saturated rings. The van der Waals surface area contributed by atoms with Gasteiger partial charge in [0.1, 0.15) is 0 Å².